The lowest BCUT2D eigenvalue weighted by molar-refractivity contribution is -0.129. The van der Waals surface area contributed by atoms with E-state index in [9.17, 15) is 9.59 Å². The van der Waals surface area contributed by atoms with Crippen LogP contribution in [0.1, 0.15) is 24.9 Å². The van der Waals surface area contributed by atoms with Crippen molar-refractivity contribution in [2.24, 2.45) is 0 Å². The molecule has 2 aliphatic rings. The molecular weight excluding hydrogens is 332 g/mol. The highest BCUT2D eigenvalue weighted by molar-refractivity contribution is 5.82. The second kappa shape index (κ2) is 8.51. The van der Waals surface area contributed by atoms with E-state index in [0.29, 0.717) is 32.6 Å². The smallest absolute Gasteiger partial charge is 0.317 e. The highest BCUT2D eigenvalue weighted by Crippen LogP contribution is 2.25. The van der Waals surface area contributed by atoms with Crippen molar-refractivity contribution in [2.75, 3.05) is 45.9 Å². The van der Waals surface area contributed by atoms with E-state index >= 15 is 0 Å². The summed E-state index contributed by atoms with van der Waals surface area (Å²) in [7, 11) is 0. The third-order valence-corrected chi connectivity index (χ3v) is 5.31. The summed E-state index contributed by atoms with van der Waals surface area (Å²) in [5, 5.41) is 12.0. The molecule has 0 aliphatic carbocycles. The molecule has 1 aromatic carbocycles. The van der Waals surface area contributed by atoms with Crippen molar-refractivity contribution in [3.05, 3.63) is 35.9 Å². The number of β-amino-alcohol motifs (C(OH)–C–C–N with tert-alkyl or cyclic N) is 1. The van der Waals surface area contributed by atoms with Gasteiger partial charge in [-0.05, 0) is 12.5 Å². The molecule has 1 aromatic rings. The Kier molecular flexibility index (Phi) is 6.11. The molecule has 7 nitrogen and oxygen atoms in total. The Hall–Kier alpha value is -2.12. The standard InChI is InChI=1S/C19H28N4O3/c1-15(16-5-3-2-4-6-16)23-14-17(13-18(23)25)20-19(26)22-9-7-21(8-10-22)11-12-24/h2-6,15,17,24H,7-14H2,1H3,(H,20,26). The first-order valence-electron chi connectivity index (χ1n) is 9.31. The van der Waals surface area contributed by atoms with Crippen LogP contribution in [0.15, 0.2) is 30.3 Å². The molecule has 0 radical (unpaired) electrons. The number of nitrogens with one attached hydrogen (secondary N) is 1. The van der Waals surface area contributed by atoms with Crippen molar-refractivity contribution >= 4 is 11.9 Å². The maximum Gasteiger partial charge on any atom is 0.317 e. The third kappa shape index (κ3) is 4.34. The van der Waals surface area contributed by atoms with Crippen LogP contribution >= 0.6 is 0 Å². The van der Waals surface area contributed by atoms with Gasteiger partial charge in [-0.3, -0.25) is 9.69 Å². The fourth-order valence-corrected chi connectivity index (χ4v) is 3.70. The number of urea groups is 1. The maximum absolute atomic E-state index is 12.5. The van der Waals surface area contributed by atoms with Crippen LogP contribution in [0.5, 0.6) is 0 Å². The molecule has 2 fully saturated rings. The molecule has 2 aliphatic heterocycles. The zero-order valence-corrected chi connectivity index (χ0v) is 15.3. The first-order chi connectivity index (χ1) is 12.6. The van der Waals surface area contributed by atoms with Crippen LogP contribution in [0.4, 0.5) is 4.79 Å². The van der Waals surface area contributed by atoms with E-state index in [-0.39, 0.29) is 30.6 Å². The van der Waals surface area contributed by atoms with Crippen LogP contribution in [0.3, 0.4) is 0 Å². The SMILES string of the molecule is CC(c1ccccc1)N1CC(NC(=O)N2CCN(CCO)CC2)CC1=O. The van der Waals surface area contributed by atoms with Gasteiger partial charge in [0.1, 0.15) is 0 Å². The molecule has 0 aromatic heterocycles. The van der Waals surface area contributed by atoms with E-state index in [2.05, 4.69) is 10.2 Å². The fraction of sp³-hybridized carbons (Fsp3) is 0.579. The number of carbonyl (C=O) groups is 2. The second-order valence-electron chi connectivity index (χ2n) is 7.04. The number of hydrogen-bond acceptors (Lipinski definition) is 4. The van der Waals surface area contributed by atoms with Crippen molar-refractivity contribution in [1.29, 1.82) is 0 Å². The summed E-state index contributed by atoms with van der Waals surface area (Å²) in [5.41, 5.74) is 1.10. The molecule has 2 unspecified atom stereocenters. The number of piperazine rings is 1. The Morgan fingerprint density at radius 1 is 1.23 bits per heavy atom. The summed E-state index contributed by atoms with van der Waals surface area (Å²) < 4.78 is 0. The molecule has 0 bridgehead atoms. The van der Waals surface area contributed by atoms with E-state index < -0.39 is 0 Å². The molecule has 3 rings (SSSR count). The monoisotopic (exact) mass is 360 g/mol. The number of amides is 3. The van der Waals surface area contributed by atoms with Gasteiger partial charge in [-0.2, -0.15) is 0 Å². The van der Waals surface area contributed by atoms with Gasteiger partial charge in [0.15, 0.2) is 0 Å². The molecule has 2 N–H and O–H groups in total. The van der Waals surface area contributed by atoms with Gasteiger partial charge in [-0.25, -0.2) is 4.79 Å². The highest BCUT2D eigenvalue weighted by Gasteiger charge is 2.35. The number of nitrogens with zero attached hydrogens (tertiary/aromatic N) is 3. The van der Waals surface area contributed by atoms with E-state index in [4.69, 9.17) is 5.11 Å². The minimum absolute atomic E-state index is 0.00706. The van der Waals surface area contributed by atoms with Crippen molar-refractivity contribution in [1.82, 2.24) is 20.0 Å². The minimum Gasteiger partial charge on any atom is -0.395 e. The molecular formula is C19H28N4O3. The number of hydrogen-bond donors (Lipinski definition) is 2. The molecule has 0 spiro atoms. The quantitative estimate of drug-likeness (QED) is 0.809. The highest BCUT2D eigenvalue weighted by atomic mass is 16.3. The number of aliphatic hydroxyl groups is 1. The Morgan fingerprint density at radius 2 is 1.92 bits per heavy atom. The Morgan fingerprint density at radius 3 is 2.58 bits per heavy atom. The summed E-state index contributed by atoms with van der Waals surface area (Å²) in [6.45, 7) is 6.21. The van der Waals surface area contributed by atoms with Crippen molar-refractivity contribution in [2.45, 2.75) is 25.4 Å². The van der Waals surface area contributed by atoms with Gasteiger partial charge in [-0.15, -0.1) is 0 Å². The molecule has 3 amide bonds. The van der Waals surface area contributed by atoms with Crippen LogP contribution in [-0.2, 0) is 4.79 Å². The third-order valence-electron chi connectivity index (χ3n) is 5.31. The predicted molar refractivity (Wildman–Crippen MR) is 98.6 cm³/mol. The van der Waals surface area contributed by atoms with Crippen LogP contribution in [0, 0.1) is 0 Å². The fourth-order valence-electron chi connectivity index (χ4n) is 3.70. The zero-order valence-electron chi connectivity index (χ0n) is 15.3. The van der Waals surface area contributed by atoms with Crippen molar-refractivity contribution in [3.8, 4) is 0 Å². The first-order valence-corrected chi connectivity index (χ1v) is 9.31. The average Bonchev–Trinajstić information content (AvgIpc) is 3.02. The molecule has 2 heterocycles. The molecule has 2 saturated heterocycles. The van der Waals surface area contributed by atoms with E-state index in [1.165, 1.54) is 0 Å². The molecule has 26 heavy (non-hydrogen) atoms. The Bertz CT molecular complexity index is 616. The molecule has 142 valence electrons. The van der Waals surface area contributed by atoms with Gasteiger partial charge in [0.2, 0.25) is 5.91 Å². The maximum atomic E-state index is 12.5. The second-order valence-corrected chi connectivity index (χ2v) is 7.04. The number of rotatable bonds is 5. The zero-order chi connectivity index (χ0) is 18.5. The lowest BCUT2D eigenvalue weighted by atomic mass is 10.1. The Balaban J connectivity index is 1.50. The normalized spacial score (nSPS) is 22.5. The summed E-state index contributed by atoms with van der Waals surface area (Å²) >= 11 is 0. The molecule has 0 saturated carbocycles. The Labute approximate surface area is 154 Å². The van der Waals surface area contributed by atoms with Crippen LogP contribution in [-0.4, -0.2) is 83.7 Å². The van der Waals surface area contributed by atoms with Gasteiger partial charge in [-0.1, -0.05) is 30.3 Å². The van der Waals surface area contributed by atoms with E-state index in [1.54, 1.807) is 4.90 Å². The van der Waals surface area contributed by atoms with Gasteiger partial charge < -0.3 is 20.2 Å². The summed E-state index contributed by atoms with van der Waals surface area (Å²) in [4.78, 5) is 30.7. The van der Waals surface area contributed by atoms with Crippen molar-refractivity contribution in [3.63, 3.8) is 0 Å². The van der Waals surface area contributed by atoms with Gasteiger partial charge >= 0.3 is 6.03 Å². The molecule has 2 atom stereocenters. The lowest BCUT2D eigenvalue weighted by Gasteiger charge is -2.35. The summed E-state index contributed by atoms with van der Waals surface area (Å²) in [6, 6.07) is 9.73. The summed E-state index contributed by atoms with van der Waals surface area (Å²) in [5.74, 6) is 0.0828. The number of aliphatic hydroxyl groups excluding tert-OH is 1. The number of carbonyl (C=O) groups excluding carboxylic acids is 2. The van der Waals surface area contributed by atoms with Gasteiger partial charge in [0.05, 0.1) is 18.7 Å². The van der Waals surface area contributed by atoms with Crippen molar-refractivity contribution < 1.29 is 14.7 Å². The average molecular weight is 360 g/mol. The lowest BCUT2D eigenvalue weighted by Crippen LogP contribution is -2.54. The largest absolute Gasteiger partial charge is 0.395 e. The van der Waals surface area contributed by atoms with E-state index in [0.717, 1.165) is 18.7 Å². The first kappa shape index (κ1) is 18.7. The van der Waals surface area contributed by atoms with Crippen LogP contribution in [0.2, 0.25) is 0 Å². The van der Waals surface area contributed by atoms with Crippen LogP contribution < -0.4 is 5.32 Å². The number of benzene rings is 1. The van der Waals surface area contributed by atoms with Gasteiger partial charge in [0, 0.05) is 45.7 Å². The topological polar surface area (TPSA) is 76.1 Å². The van der Waals surface area contributed by atoms with Gasteiger partial charge in [0.25, 0.3) is 0 Å². The van der Waals surface area contributed by atoms with Crippen LogP contribution in [0.25, 0.3) is 0 Å². The minimum atomic E-state index is -0.142. The summed E-state index contributed by atoms with van der Waals surface area (Å²) in [6.07, 6.45) is 0.355. The van der Waals surface area contributed by atoms with E-state index in [1.807, 2.05) is 42.2 Å². The molecule has 7 heteroatoms. The number of likely N-dealkylation sites (tertiary alicyclic amines) is 1. The predicted octanol–water partition coefficient (Wildman–Crippen LogP) is 0.668.